The number of nitrogens with zero attached hydrogens (tertiary/aromatic N) is 1. The Morgan fingerprint density at radius 2 is 2.24 bits per heavy atom. The number of hydrogen-bond acceptors (Lipinski definition) is 5. The van der Waals surface area contributed by atoms with Gasteiger partial charge < -0.3 is 9.72 Å². The van der Waals surface area contributed by atoms with Crippen LogP contribution in [0.1, 0.15) is 0 Å². The van der Waals surface area contributed by atoms with E-state index in [1.165, 1.54) is 17.4 Å². The minimum atomic E-state index is -0.305. The number of benzene rings is 1. The van der Waals surface area contributed by atoms with Crippen molar-refractivity contribution in [2.45, 2.75) is 0 Å². The lowest BCUT2D eigenvalue weighted by Crippen LogP contribution is -2.20. The van der Waals surface area contributed by atoms with Crippen molar-refractivity contribution >= 4 is 33.3 Å². The van der Waals surface area contributed by atoms with Gasteiger partial charge in [-0.25, -0.2) is 4.98 Å². The molecule has 2 heterocycles. The Bertz CT molecular complexity index is 827. The summed E-state index contributed by atoms with van der Waals surface area (Å²) in [6, 6.07) is 8.51. The highest BCUT2D eigenvalue weighted by atomic mass is 32.1. The molecule has 2 N–H and O–H groups in total. The number of amides is 1. The molecule has 1 aromatic carbocycles. The van der Waals surface area contributed by atoms with E-state index in [-0.39, 0.29) is 18.1 Å². The van der Waals surface area contributed by atoms with Crippen molar-refractivity contribution in [2.24, 2.45) is 0 Å². The summed E-state index contributed by atoms with van der Waals surface area (Å²) < 4.78 is 5.48. The second-order valence-corrected chi connectivity index (χ2v) is 5.11. The first-order valence-electron chi connectivity index (χ1n) is 6.16. The zero-order chi connectivity index (χ0) is 14.7. The van der Waals surface area contributed by atoms with Crippen molar-refractivity contribution < 1.29 is 9.53 Å². The molecule has 3 rings (SSSR count). The van der Waals surface area contributed by atoms with Crippen molar-refractivity contribution in [3.05, 3.63) is 52.3 Å². The summed E-state index contributed by atoms with van der Waals surface area (Å²) in [6.45, 7) is -0.157. The second-order valence-electron chi connectivity index (χ2n) is 4.22. The molecule has 0 spiro atoms. The number of aromatic amines is 1. The number of para-hydroxylation sites is 1. The molecular weight excluding hydrogens is 290 g/mol. The number of fused-ring (bicyclic) bond motifs is 1. The molecule has 1 amide bonds. The number of anilines is 1. The normalized spacial score (nSPS) is 10.5. The van der Waals surface area contributed by atoms with Gasteiger partial charge in [-0.1, -0.05) is 12.1 Å². The Morgan fingerprint density at radius 1 is 1.33 bits per heavy atom. The van der Waals surface area contributed by atoms with Crippen LogP contribution in [-0.4, -0.2) is 22.5 Å². The van der Waals surface area contributed by atoms with Crippen LogP contribution in [0, 0.1) is 0 Å². The van der Waals surface area contributed by atoms with Crippen molar-refractivity contribution in [1.82, 2.24) is 9.97 Å². The molecule has 0 fully saturated rings. The number of rotatable bonds is 4. The predicted octanol–water partition coefficient (Wildman–Crippen LogP) is 2.00. The Labute approximate surface area is 123 Å². The van der Waals surface area contributed by atoms with Crippen LogP contribution in [0.25, 0.3) is 10.9 Å². The van der Waals surface area contributed by atoms with E-state index in [0.717, 1.165) is 5.39 Å². The fourth-order valence-corrected chi connectivity index (χ4v) is 2.40. The van der Waals surface area contributed by atoms with E-state index in [4.69, 9.17) is 4.74 Å². The molecular formula is C14H11N3O3S. The number of carbonyl (C=O) groups excluding carboxylic acids is 1. The van der Waals surface area contributed by atoms with Crippen LogP contribution in [-0.2, 0) is 4.79 Å². The van der Waals surface area contributed by atoms with Crippen molar-refractivity contribution in [3.8, 4) is 5.75 Å². The summed E-state index contributed by atoms with van der Waals surface area (Å²) in [5.41, 5.74) is 0.359. The molecule has 0 radical (unpaired) electrons. The monoisotopic (exact) mass is 301 g/mol. The summed E-state index contributed by atoms with van der Waals surface area (Å²) in [7, 11) is 0. The molecule has 106 valence electrons. The third-order valence-corrected chi connectivity index (χ3v) is 3.45. The maximum Gasteiger partial charge on any atom is 0.264 e. The maximum atomic E-state index is 11.7. The molecule has 6 nitrogen and oxygen atoms in total. The highest BCUT2D eigenvalue weighted by molar-refractivity contribution is 7.13. The van der Waals surface area contributed by atoms with E-state index in [1.54, 1.807) is 29.8 Å². The first-order valence-corrected chi connectivity index (χ1v) is 7.04. The summed E-state index contributed by atoms with van der Waals surface area (Å²) in [5.74, 6) is 0.153. The molecule has 0 unspecified atom stereocenters. The zero-order valence-corrected chi connectivity index (χ0v) is 11.6. The zero-order valence-electron chi connectivity index (χ0n) is 10.8. The summed E-state index contributed by atoms with van der Waals surface area (Å²) in [6.07, 6.45) is 1.61. The third-order valence-electron chi connectivity index (χ3n) is 2.76. The molecule has 0 aliphatic carbocycles. The quantitative estimate of drug-likeness (QED) is 0.772. The van der Waals surface area contributed by atoms with Gasteiger partial charge in [0.1, 0.15) is 5.75 Å². The highest BCUT2D eigenvalue weighted by Gasteiger charge is 2.08. The molecule has 2 aromatic heterocycles. The largest absolute Gasteiger partial charge is 0.482 e. The average Bonchev–Trinajstić information content (AvgIpc) is 2.98. The van der Waals surface area contributed by atoms with Crippen LogP contribution < -0.4 is 15.6 Å². The van der Waals surface area contributed by atoms with Crippen LogP contribution in [0.4, 0.5) is 5.13 Å². The predicted molar refractivity (Wildman–Crippen MR) is 80.8 cm³/mol. The Hall–Kier alpha value is -2.67. The van der Waals surface area contributed by atoms with Gasteiger partial charge in [0.05, 0.1) is 5.52 Å². The van der Waals surface area contributed by atoms with Gasteiger partial charge in [-0.05, 0) is 12.1 Å². The average molecular weight is 301 g/mol. The SMILES string of the molecule is O=C(COc1cccc2ccc(=O)[nH]c12)Nc1nccs1. The van der Waals surface area contributed by atoms with E-state index < -0.39 is 0 Å². The van der Waals surface area contributed by atoms with Crippen LogP contribution in [0.5, 0.6) is 5.75 Å². The first-order chi connectivity index (χ1) is 10.2. The topological polar surface area (TPSA) is 84.1 Å². The second kappa shape index (κ2) is 5.76. The number of H-pyrrole nitrogens is 1. The molecule has 3 aromatic rings. The van der Waals surface area contributed by atoms with E-state index in [2.05, 4.69) is 15.3 Å². The Kier molecular flexibility index (Phi) is 3.65. The van der Waals surface area contributed by atoms with Crippen LogP contribution in [0.15, 0.2) is 46.7 Å². The van der Waals surface area contributed by atoms with Crippen LogP contribution >= 0.6 is 11.3 Å². The summed E-state index contributed by atoms with van der Waals surface area (Å²) in [5, 5.41) is 5.76. The molecule has 0 saturated heterocycles. The van der Waals surface area contributed by atoms with Gasteiger partial charge in [0, 0.05) is 23.0 Å². The minimum Gasteiger partial charge on any atom is -0.482 e. The molecule has 7 heteroatoms. The fraction of sp³-hybridized carbons (Fsp3) is 0.0714. The van der Waals surface area contributed by atoms with Crippen LogP contribution in [0.3, 0.4) is 0 Å². The van der Waals surface area contributed by atoms with Crippen LogP contribution in [0.2, 0.25) is 0 Å². The summed E-state index contributed by atoms with van der Waals surface area (Å²) >= 11 is 1.33. The molecule has 0 saturated carbocycles. The number of carbonyl (C=O) groups is 1. The first kappa shape index (κ1) is 13.3. The van der Waals surface area contributed by atoms with E-state index in [1.807, 2.05) is 6.07 Å². The van der Waals surface area contributed by atoms with Gasteiger partial charge in [-0.15, -0.1) is 11.3 Å². The number of aromatic nitrogens is 2. The summed E-state index contributed by atoms with van der Waals surface area (Å²) in [4.78, 5) is 29.8. The number of hydrogen-bond donors (Lipinski definition) is 2. The molecule has 0 aliphatic rings. The standard InChI is InChI=1S/C14H11N3O3S/c18-11-5-4-9-2-1-3-10(13(9)16-11)20-8-12(19)17-14-15-6-7-21-14/h1-7H,8H2,(H,16,18)(H,15,17,19). The number of pyridine rings is 1. The molecule has 0 aliphatic heterocycles. The van der Waals surface area contributed by atoms with E-state index >= 15 is 0 Å². The number of thiazole rings is 1. The maximum absolute atomic E-state index is 11.7. The molecule has 0 atom stereocenters. The van der Waals surface area contributed by atoms with Gasteiger partial charge in [0.25, 0.3) is 5.91 Å². The van der Waals surface area contributed by atoms with Gasteiger partial charge in [0.15, 0.2) is 11.7 Å². The van der Waals surface area contributed by atoms with Gasteiger partial charge in [-0.2, -0.15) is 0 Å². The molecule has 0 bridgehead atoms. The van der Waals surface area contributed by atoms with E-state index in [9.17, 15) is 9.59 Å². The minimum absolute atomic E-state index is 0.157. The Balaban J connectivity index is 1.74. The highest BCUT2D eigenvalue weighted by Crippen LogP contribution is 2.22. The molecule has 21 heavy (non-hydrogen) atoms. The van der Waals surface area contributed by atoms with Crippen molar-refractivity contribution in [1.29, 1.82) is 0 Å². The van der Waals surface area contributed by atoms with Gasteiger partial charge in [0.2, 0.25) is 5.56 Å². The lowest BCUT2D eigenvalue weighted by Gasteiger charge is -2.08. The lowest BCUT2D eigenvalue weighted by molar-refractivity contribution is -0.118. The Morgan fingerprint density at radius 3 is 3.05 bits per heavy atom. The number of nitrogens with one attached hydrogen (secondary N) is 2. The smallest absolute Gasteiger partial charge is 0.264 e. The van der Waals surface area contributed by atoms with Gasteiger partial charge in [-0.3, -0.25) is 14.9 Å². The van der Waals surface area contributed by atoms with Gasteiger partial charge >= 0.3 is 0 Å². The fourth-order valence-electron chi connectivity index (χ4n) is 1.86. The number of ether oxygens (including phenoxy) is 1. The van der Waals surface area contributed by atoms with Crippen molar-refractivity contribution in [2.75, 3.05) is 11.9 Å². The van der Waals surface area contributed by atoms with E-state index in [0.29, 0.717) is 16.4 Å². The lowest BCUT2D eigenvalue weighted by atomic mass is 10.2. The van der Waals surface area contributed by atoms with Crippen molar-refractivity contribution in [3.63, 3.8) is 0 Å². The third kappa shape index (κ3) is 3.09.